The zero-order valence-electron chi connectivity index (χ0n) is 28.9. The summed E-state index contributed by atoms with van der Waals surface area (Å²) in [6.45, 7) is 0. The van der Waals surface area contributed by atoms with E-state index in [4.69, 9.17) is 37.0 Å². The van der Waals surface area contributed by atoms with Crippen LogP contribution in [0, 0.1) is 0 Å². The Bertz CT molecular complexity index is 2130. The maximum Gasteiger partial charge on any atom is 0.520 e. The van der Waals surface area contributed by atoms with Gasteiger partial charge in [-0.3, -0.25) is 0 Å². The van der Waals surface area contributed by atoms with E-state index < -0.39 is 62.4 Å². The minimum atomic E-state index is -4.96. The zero-order chi connectivity index (χ0) is 37.6. The van der Waals surface area contributed by atoms with Crippen LogP contribution >= 0.6 is 0 Å². The summed E-state index contributed by atoms with van der Waals surface area (Å²) in [4.78, 5) is 39.2. The molecule has 3 saturated heterocycles. The molecule has 0 aromatic heterocycles. The predicted molar refractivity (Wildman–Crippen MR) is 215 cm³/mol. The summed E-state index contributed by atoms with van der Waals surface area (Å²) < 4.78 is 63.5. The van der Waals surface area contributed by atoms with Crippen molar-refractivity contribution >= 4 is 93.5 Å². The van der Waals surface area contributed by atoms with Crippen LogP contribution < -0.4 is 31.1 Å². The molecule has 12 nitrogen and oxygen atoms in total. The van der Waals surface area contributed by atoms with Crippen molar-refractivity contribution in [3.8, 4) is 0 Å². The summed E-state index contributed by atoms with van der Waals surface area (Å²) >= 11 is 0. The molecule has 7 atom stereocenters. The Labute approximate surface area is 325 Å². The Morgan fingerprint density at radius 1 is 0.273 bits per heavy atom. The standard InChI is InChI=1S/C36H34O12Si7/c37-50(31-19-7-1-8-20-31)40-49-41-51(38,32-21-9-2-10-22-32)44-55(36-29-17-6-18-30-36)46-52(39,33-23-11-3-12-24-33)45-54(43-50,35-27-15-5-16-28-35)47-53(42-49,48-55)34-25-13-4-14-26-34/h1-30,37-39,49H/t49?,50-,51?,52?,53?,54?,55?/m0/s1. The molecule has 0 amide bonds. The fourth-order valence-electron chi connectivity index (χ4n) is 6.59. The van der Waals surface area contributed by atoms with Gasteiger partial charge in [-0.25, -0.2) is 0 Å². The molecular weight excluding hydrogens is 821 g/mol. The lowest BCUT2D eigenvalue weighted by atomic mass is 10.4. The molecule has 0 aliphatic carbocycles. The van der Waals surface area contributed by atoms with Crippen molar-refractivity contribution < 1.29 is 51.4 Å². The van der Waals surface area contributed by atoms with Gasteiger partial charge in [-0.2, -0.15) is 0 Å². The average molecular weight is 855 g/mol. The molecule has 0 spiro atoms. The van der Waals surface area contributed by atoms with E-state index in [1.54, 1.807) is 164 Å². The third kappa shape index (κ3) is 6.82. The number of benzene rings is 6. The highest BCUT2D eigenvalue weighted by molar-refractivity contribution is 7.06. The zero-order valence-corrected chi connectivity index (χ0v) is 36.1. The van der Waals surface area contributed by atoms with Crippen LogP contribution in [0.25, 0.3) is 0 Å². The molecule has 4 bridgehead atoms. The summed E-state index contributed by atoms with van der Waals surface area (Å²) in [5, 5.41) is 1.98. The highest BCUT2D eigenvalue weighted by Crippen LogP contribution is 2.38. The van der Waals surface area contributed by atoms with Gasteiger partial charge in [-0.05, 0) is 0 Å². The summed E-state index contributed by atoms with van der Waals surface area (Å²) in [6.07, 6.45) is 0. The number of hydrogen-bond acceptors (Lipinski definition) is 12. The second-order valence-corrected chi connectivity index (χ2v) is 31.5. The molecule has 0 radical (unpaired) electrons. The summed E-state index contributed by atoms with van der Waals surface area (Å²) in [5.74, 6) is 0. The summed E-state index contributed by atoms with van der Waals surface area (Å²) in [5.41, 5.74) is 0. The van der Waals surface area contributed by atoms with Gasteiger partial charge in [-0.1, -0.05) is 182 Å². The first-order chi connectivity index (χ1) is 26.7. The van der Waals surface area contributed by atoms with Crippen LogP contribution in [-0.2, 0) is 37.0 Å². The third-order valence-electron chi connectivity index (χ3n) is 9.19. The molecule has 6 aromatic carbocycles. The molecule has 3 N–H and O–H groups in total. The van der Waals surface area contributed by atoms with Gasteiger partial charge < -0.3 is 51.4 Å². The number of hydrogen-bond donors (Lipinski definition) is 3. The van der Waals surface area contributed by atoms with Crippen molar-refractivity contribution in [2.75, 3.05) is 0 Å². The molecule has 9 rings (SSSR count). The maximum absolute atomic E-state index is 13.3. The van der Waals surface area contributed by atoms with Crippen molar-refractivity contribution in [3.63, 3.8) is 0 Å². The fourth-order valence-corrected chi connectivity index (χ4v) is 38.0. The van der Waals surface area contributed by atoms with Crippen molar-refractivity contribution in [2.24, 2.45) is 0 Å². The molecule has 6 unspecified atom stereocenters. The van der Waals surface area contributed by atoms with Crippen LogP contribution in [0.15, 0.2) is 182 Å². The Morgan fingerprint density at radius 2 is 0.527 bits per heavy atom. The Balaban J connectivity index is 1.40. The smallest absolute Gasteiger partial charge is 0.387 e. The van der Waals surface area contributed by atoms with Gasteiger partial charge in [0.25, 0.3) is 0 Å². The topological polar surface area (TPSA) is 144 Å². The van der Waals surface area contributed by atoms with Crippen LogP contribution in [0.1, 0.15) is 0 Å². The van der Waals surface area contributed by atoms with Crippen LogP contribution in [0.5, 0.6) is 0 Å². The summed E-state index contributed by atoms with van der Waals surface area (Å²) in [7, 11) is -32.5. The van der Waals surface area contributed by atoms with E-state index in [0.717, 1.165) is 0 Å². The van der Waals surface area contributed by atoms with Crippen LogP contribution in [0.4, 0.5) is 0 Å². The van der Waals surface area contributed by atoms with Crippen LogP contribution in [0.3, 0.4) is 0 Å². The lowest BCUT2D eigenvalue weighted by Crippen LogP contribution is -2.88. The van der Waals surface area contributed by atoms with Crippen LogP contribution in [-0.4, -0.2) is 76.7 Å². The van der Waals surface area contributed by atoms with Gasteiger partial charge >= 0.3 is 62.4 Å². The van der Waals surface area contributed by atoms with Gasteiger partial charge in [0.1, 0.15) is 0 Å². The van der Waals surface area contributed by atoms with Gasteiger partial charge in [0, 0.05) is 31.1 Å². The normalized spacial score (nSPS) is 33.3. The summed E-state index contributed by atoms with van der Waals surface area (Å²) in [6, 6.07) is 52.3. The molecule has 19 heteroatoms. The lowest BCUT2D eigenvalue weighted by Gasteiger charge is -2.54. The average Bonchev–Trinajstić information content (AvgIpc) is 3.21. The van der Waals surface area contributed by atoms with Crippen molar-refractivity contribution in [1.82, 2.24) is 0 Å². The van der Waals surface area contributed by atoms with E-state index in [1.807, 2.05) is 18.2 Å². The molecule has 6 aromatic rings. The Morgan fingerprint density at radius 3 is 0.855 bits per heavy atom. The van der Waals surface area contributed by atoms with E-state index in [2.05, 4.69) is 0 Å². The highest BCUT2D eigenvalue weighted by atomic mass is 28.6. The largest absolute Gasteiger partial charge is 0.520 e. The molecule has 3 aliphatic heterocycles. The van der Waals surface area contributed by atoms with Gasteiger partial charge in [0.05, 0.1) is 0 Å². The van der Waals surface area contributed by atoms with Gasteiger partial charge in [0.2, 0.25) is 0 Å². The van der Waals surface area contributed by atoms with E-state index in [9.17, 15) is 14.4 Å². The first-order valence-corrected chi connectivity index (χ1v) is 29.3. The minimum absolute atomic E-state index is 0.253. The van der Waals surface area contributed by atoms with E-state index in [0.29, 0.717) is 15.6 Å². The second-order valence-electron chi connectivity index (χ2n) is 12.9. The van der Waals surface area contributed by atoms with Gasteiger partial charge in [-0.15, -0.1) is 0 Å². The molecule has 3 fully saturated rings. The monoisotopic (exact) mass is 854 g/mol. The molecule has 0 saturated carbocycles. The molecule has 55 heavy (non-hydrogen) atoms. The quantitative estimate of drug-likeness (QED) is 0.194. The number of fused-ring (bicyclic) bond motifs is 3. The Kier molecular flexibility index (Phi) is 9.67. The maximum atomic E-state index is 13.3. The molecule has 278 valence electrons. The number of rotatable bonds is 6. The first-order valence-electron chi connectivity index (χ1n) is 17.4. The van der Waals surface area contributed by atoms with Crippen molar-refractivity contribution in [1.29, 1.82) is 0 Å². The fraction of sp³-hybridized carbons (Fsp3) is 0. The Hall–Kier alpha value is -3.64. The van der Waals surface area contributed by atoms with Crippen LogP contribution in [0.2, 0.25) is 0 Å². The lowest BCUT2D eigenvalue weighted by molar-refractivity contribution is 0.0416. The van der Waals surface area contributed by atoms with Gasteiger partial charge in [0.15, 0.2) is 0 Å². The first kappa shape index (κ1) is 37.0. The molecule has 3 heterocycles. The van der Waals surface area contributed by atoms with E-state index in [-0.39, 0.29) is 15.6 Å². The second kappa shape index (κ2) is 14.4. The van der Waals surface area contributed by atoms with Crippen molar-refractivity contribution in [3.05, 3.63) is 182 Å². The van der Waals surface area contributed by atoms with E-state index in [1.165, 1.54) is 0 Å². The molecular formula is C36H34O12Si7. The SMILES string of the molecule is O[Si]1(c2ccccc2)O[SiH]2O[Si]3(c4ccccc4)O[Si](c4ccccc4)(O1)O[Si](O)(c1ccccc1)O[Si](c1ccccc1)(O3)O[Si@](O)(c1ccccc1)O2. The third-order valence-corrected chi connectivity index (χ3v) is 34.6. The van der Waals surface area contributed by atoms with E-state index >= 15 is 0 Å². The molecule has 3 aliphatic rings. The highest BCUT2D eigenvalue weighted by Gasteiger charge is 2.76. The predicted octanol–water partition coefficient (Wildman–Crippen LogP) is -0.0527. The van der Waals surface area contributed by atoms with Crippen molar-refractivity contribution in [2.45, 2.75) is 0 Å². The minimum Gasteiger partial charge on any atom is -0.387 e.